The highest BCUT2D eigenvalue weighted by atomic mass is 16.4. The van der Waals surface area contributed by atoms with Crippen LogP contribution in [0.15, 0.2) is 0 Å². The lowest BCUT2D eigenvalue weighted by molar-refractivity contribution is -0.150. The van der Waals surface area contributed by atoms with Gasteiger partial charge < -0.3 is 31.5 Å². The van der Waals surface area contributed by atoms with Crippen LogP contribution in [0.2, 0.25) is 0 Å². The summed E-state index contributed by atoms with van der Waals surface area (Å²) in [7, 11) is 0. The van der Waals surface area contributed by atoms with E-state index in [4.69, 9.17) is 10.8 Å². The molecule has 0 radical (unpaired) electrons. The van der Waals surface area contributed by atoms with Gasteiger partial charge in [0.25, 0.3) is 0 Å². The first kappa shape index (κ1) is 23.3. The molecule has 0 bridgehead atoms. The third-order valence-corrected chi connectivity index (χ3v) is 4.82. The summed E-state index contributed by atoms with van der Waals surface area (Å²) in [4.78, 5) is 60.0. The molecule has 3 amide bonds. The lowest BCUT2D eigenvalue weighted by Gasteiger charge is -2.26. The SMILES string of the molecule is CCC(C)C(N)C(=O)NCC(=O)NC(CC(=O)O)C(=O)N1CCCC1C(=O)O. The van der Waals surface area contributed by atoms with Crippen molar-refractivity contribution < 1.29 is 34.2 Å². The zero-order valence-electron chi connectivity index (χ0n) is 16.0. The van der Waals surface area contributed by atoms with Crippen molar-refractivity contribution in [1.29, 1.82) is 0 Å². The molecule has 1 aliphatic heterocycles. The van der Waals surface area contributed by atoms with Crippen LogP contribution in [0.3, 0.4) is 0 Å². The minimum atomic E-state index is -1.43. The molecule has 1 aliphatic rings. The number of hydrogen-bond donors (Lipinski definition) is 5. The van der Waals surface area contributed by atoms with Crippen LogP contribution in [0.5, 0.6) is 0 Å². The number of carbonyl (C=O) groups excluding carboxylic acids is 3. The first-order valence-corrected chi connectivity index (χ1v) is 9.16. The van der Waals surface area contributed by atoms with Gasteiger partial charge in [-0.05, 0) is 18.8 Å². The summed E-state index contributed by atoms with van der Waals surface area (Å²) in [6.45, 7) is 3.35. The van der Waals surface area contributed by atoms with E-state index in [1.807, 2.05) is 6.92 Å². The summed E-state index contributed by atoms with van der Waals surface area (Å²) in [5, 5.41) is 22.8. The molecule has 0 aliphatic carbocycles. The quantitative estimate of drug-likeness (QED) is 0.294. The summed E-state index contributed by atoms with van der Waals surface area (Å²) in [5.74, 6) is -4.67. The van der Waals surface area contributed by atoms with Gasteiger partial charge in [-0.2, -0.15) is 0 Å². The first-order valence-electron chi connectivity index (χ1n) is 9.16. The number of amides is 3. The van der Waals surface area contributed by atoms with Gasteiger partial charge in [-0.25, -0.2) is 4.79 Å². The summed E-state index contributed by atoms with van der Waals surface area (Å²) >= 11 is 0. The molecule has 4 unspecified atom stereocenters. The monoisotopic (exact) mass is 400 g/mol. The molecule has 0 aromatic carbocycles. The fraction of sp³-hybridized carbons (Fsp3) is 0.706. The Balaban J connectivity index is 2.71. The molecule has 1 fully saturated rings. The van der Waals surface area contributed by atoms with Crippen LogP contribution in [-0.4, -0.2) is 76.0 Å². The summed E-state index contributed by atoms with van der Waals surface area (Å²) in [6.07, 6.45) is 0.711. The molecule has 1 rings (SSSR count). The van der Waals surface area contributed by atoms with E-state index >= 15 is 0 Å². The minimum absolute atomic E-state index is 0.0903. The number of hydrogen-bond acceptors (Lipinski definition) is 6. The van der Waals surface area contributed by atoms with Crippen LogP contribution in [-0.2, 0) is 24.0 Å². The molecule has 11 heteroatoms. The van der Waals surface area contributed by atoms with Crippen molar-refractivity contribution in [2.24, 2.45) is 11.7 Å². The van der Waals surface area contributed by atoms with Crippen molar-refractivity contribution in [2.75, 3.05) is 13.1 Å². The Labute approximate surface area is 162 Å². The van der Waals surface area contributed by atoms with Crippen LogP contribution in [0.1, 0.15) is 39.5 Å². The molecule has 1 saturated heterocycles. The molecule has 0 aromatic heterocycles. The largest absolute Gasteiger partial charge is 0.481 e. The van der Waals surface area contributed by atoms with Crippen molar-refractivity contribution in [3.05, 3.63) is 0 Å². The molecule has 0 spiro atoms. The van der Waals surface area contributed by atoms with Gasteiger partial charge in [-0.3, -0.25) is 19.2 Å². The van der Waals surface area contributed by atoms with Gasteiger partial charge in [0, 0.05) is 6.54 Å². The Morgan fingerprint density at radius 1 is 1.21 bits per heavy atom. The van der Waals surface area contributed by atoms with Crippen molar-refractivity contribution in [3.63, 3.8) is 0 Å². The predicted molar refractivity (Wildman–Crippen MR) is 97.0 cm³/mol. The Bertz CT molecular complexity index is 625. The van der Waals surface area contributed by atoms with Crippen LogP contribution < -0.4 is 16.4 Å². The van der Waals surface area contributed by atoms with E-state index in [0.717, 1.165) is 4.90 Å². The number of carbonyl (C=O) groups is 5. The minimum Gasteiger partial charge on any atom is -0.481 e. The molecule has 0 saturated carbocycles. The second kappa shape index (κ2) is 10.6. The molecule has 28 heavy (non-hydrogen) atoms. The summed E-state index contributed by atoms with van der Waals surface area (Å²) in [6, 6.07) is -3.27. The van der Waals surface area contributed by atoms with Crippen molar-refractivity contribution in [3.8, 4) is 0 Å². The lowest BCUT2D eigenvalue weighted by atomic mass is 9.99. The molecule has 158 valence electrons. The number of nitrogens with two attached hydrogens (primary N) is 1. The maximum absolute atomic E-state index is 12.6. The molecule has 4 atom stereocenters. The van der Waals surface area contributed by atoms with Crippen LogP contribution in [0.4, 0.5) is 0 Å². The zero-order valence-corrected chi connectivity index (χ0v) is 16.0. The number of carboxylic acids is 2. The maximum Gasteiger partial charge on any atom is 0.326 e. The molecule has 1 heterocycles. The fourth-order valence-electron chi connectivity index (χ4n) is 2.91. The predicted octanol–water partition coefficient (Wildman–Crippen LogP) is -1.49. The van der Waals surface area contributed by atoms with E-state index in [-0.39, 0.29) is 18.9 Å². The van der Waals surface area contributed by atoms with Crippen molar-refractivity contribution in [2.45, 2.75) is 57.7 Å². The number of rotatable bonds is 10. The fourth-order valence-corrected chi connectivity index (χ4v) is 2.91. The van der Waals surface area contributed by atoms with Gasteiger partial charge in [0.2, 0.25) is 17.7 Å². The van der Waals surface area contributed by atoms with E-state index in [0.29, 0.717) is 12.8 Å². The van der Waals surface area contributed by atoms with Gasteiger partial charge in [0.15, 0.2) is 0 Å². The highest BCUT2D eigenvalue weighted by Gasteiger charge is 2.38. The van der Waals surface area contributed by atoms with E-state index in [1.165, 1.54) is 0 Å². The molecule has 11 nitrogen and oxygen atoms in total. The zero-order chi connectivity index (χ0) is 21.4. The number of likely N-dealkylation sites (tertiary alicyclic amines) is 1. The number of nitrogens with zero attached hydrogens (tertiary/aromatic N) is 1. The second-order valence-corrected chi connectivity index (χ2v) is 6.87. The number of aliphatic carboxylic acids is 2. The standard InChI is InChI=1S/C17H28N4O7/c1-3-9(2)14(18)15(25)19-8-12(22)20-10(7-13(23)24)16(26)21-6-4-5-11(21)17(27)28/h9-11,14H,3-8,18H2,1-2H3,(H,19,25)(H,20,22)(H,23,24)(H,27,28). The lowest BCUT2D eigenvalue weighted by Crippen LogP contribution is -2.54. The van der Waals surface area contributed by atoms with Gasteiger partial charge in [-0.1, -0.05) is 20.3 Å². The third-order valence-electron chi connectivity index (χ3n) is 4.82. The van der Waals surface area contributed by atoms with E-state index in [2.05, 4.69) is 10.6 Å². The van der Waals surface area contributed by atoms with Gasteiger partial charge in [0.1, 0.15) is 12.1 Å². The molecular formula is C17H28N4O7. The van der Waals surface area contributed by atoms with E-state index in [9.17, 15) is 29.1 Å². The first-order chi connectivity index (χ1) is 13.1. The topological polar surface area (TPSA) is 179 Å². The smallest absolute Gasteiger partial charge is 0.326 e. The maximum atomic E-state index is 12.6. The van der Waals surface area contributed by atoms with Gasteiger partial charge in [-0.15, -0.1) is 0 Å². The Morgan fingerprint density at radius 2 is 1.86 bits per heavy atom. The highest BCUT2D eigenvalue weighted by Crippen LogP contribution is 2.19. The number of carboxylic acid groups (broad SMARTS) is 2. The average Bonchev–Trinajstić information content (AvgIpc) is 3.13. The van der Waals surface area contributed by atoms with E-state index in [1.54, 1.807) is 6.92 Å². The van der Waals surface area contributed by atoms with Crippen LogP contribution in [0, 0.1) is 5.92 Å². The highest BCUT2D eigenvalue weighted by molar-refractivity contribution is 5.94. The number of nitrogens with one attached hydrogen (secondary N) is 2. The van der Waals surface area contributed by atoms with Gasteiger partial charge >= 0.3 is 11.9 Å². The average molecular weight is 400 g/mol. The van der Waals surface area contributed by atoms with Gasteiger partial charge in [0.05, 0.1) is 19.0 Å². The Morgan fingerprint density at radius 3 is 2.39 bits per heavy atom. The van der Waals surface area contributed by atoms with Crippen LogP contribution >= 0.6 is 0 Å². The van der Waals surface area contributed by atoms with Crippen molar-refractivity contribution in [1.82, 2.24) is 15.5 Å². The second-order valence-electron chi connectivity index (χ2n) is 6.87. The summed E-state index contributed by atoms with van der Waals surface area (Å²) in [5.41, 5.74) is 5.76. The Kier molecular flexibility index (Phi) is 8.83. The third kappa shape index (κ3) is 6.48. The molecule has 6 N–H and O–H groups in total. The normalized spacial score (nSPS) is 19.4. The Hall–Kier alpha value is -2.69. The molecule has 0 aromatic rings. The van der Waals surface area contributed by atoms with Crippen LogP contribution in [0.25, 0.3) is 0 Å². The molecular weight excluding hydrogens is 372 g/mol. The van der Waals surface area contributed by atoms with Crippen molar-refractivity contribution >= 4 is 29.7 Å². The van der Waals surface area contributed by atoms with E-state index < -0.39 is 60.8 Å². The summed E-state index contributed by atoms with van der Waals surface area (Å²) < 4.78 is 0.